The smallest absolute Gasteiger partial charge is 0.311 e. The van der Waals surface area contributed by atoms with Crippen molar-refractivity contribution in [3.63, 3.8) is 0 Å². The number of benzene rings is 2. The largest absolute Gasteiger partial charge is 0.450 e. The van der Waals surface area contributed by atoms with Crippen molar-refractivity contribution in [3.8, 4) is 6.07 Å². The third-order valence-corrected chi connectivity index (χ3v) is 4.34. The number of hydrogen-bond acceptors (Lipinski definition) is 4. The quantitative estimate of drug-likeness (QED) is 0.815. The molecule has 5 heteroatoms. The fourth-order valence-electron chi connectivity index (χ4n) is 3.16. The maximum absolute atomic E-state index is 12.9. The molecular weight excluding hydrogens is 304 g/mol. The number of esters is 1. The van der Waals surface area contributed by atoms with Crippen molar-refractivity contribution in [2.45, 2.75) is 12.8 Å². The molecule has 1 saturated heterocycles. The van der Waals surface area contributed by atoms with Gasteiger partial charge < -0.3 is 9.64 Å². The monoisotopic (exact) mass is 322 g/mol. The first-order valence-electron chi connectivity index (χ1n) is 8.01. The molecule has 0 radical (unpaired) electrons. The zero-order valence-corrected chi connectivity index (χ0v) is 13.3. The van der Waals surface area contributed by atoms with E-state index in [-0.39, 0.29) is 18.4 Å². The van der Waals surface area contributed by atoms with Crippen LogP contribution >= 0.6 is 0 Å². The topological polar surface area (TPSA) is 70.4 Å². The van der Waals surface area contributed by atoms with Crippen molar-refractivity contribution in [2.75, 3.05) is 19.7 Å². The second-order valence-electron chi connectivity index (χ2n) is 5.88. The summed E-state index contributed by atoms with van der Waals surface area (Å²) < 4.78 is 4.90. The summed E-state index contributed by atoms with van der Waals surface area (Å²) in [4.78, 5) is 26.6. The fourth-order valence-corrected chi connectivity index (χ4v) is 3.16. The summed E-state index contributed by atoms with van der Waals surface area (Å²) in [5.74, 6) is -0.817. The molecule has 0 spiro atoms. The molecule has 0 bridgehead atoms. The Kier molecular flexibility index (Phi) is 4.76. The molecule has 1 heterocycles. The van der Waals surface area contributed by atoms with Crippen LogP contribution in [0.3, 0.4) is 0 Å². The molecule has 0 aromatic heterocycles. The van der Waals surface area contributed by atoms with Gasteiger partial charge in [-0.25, -0.2) is 0 Å². The molecular formula is C19H18N2O3. The van der Waals surface area contributed by atoms with Crippen molar-refractivity contribution in [3.05, 3.63) is 48.0 Å². The van der Waals surface area contributed by atoms with Gasteiger partial charge in [-0.05, 0) is 29.7 Å². The molecule has 2 aromatic rings. The molecule has 5 nitrogen and oxygen atoms in total. The second kappa shape index (κ2) is 7.14. The van der Waals surface area contributed by atoms with Gasteiger partial charge in [-0.3, -0.25) is 9.59 Å². The summed E-state index contributed by atoms with van der Waals surface area (Å²) in [6, 6.07) is 15.2. The molecule has 0 unspecified atom stereocenters. The van der Waals surface area contributed by atoms with Gasteiger partial charge >= 0.3 is 5.97 Å². The molecule has 1 aliphatic rings. The normalized spacial score (nSPS) is 17.3. The molecule has 1 atom stereocenters. The van der Waals surface area contributed by atoms with Crippen LogP contribution in [0.15, 0.2) is 42.5 Å². The first-order chi connectivity index (χ1) is 11.7. The number of amides is 1. The Hall–Kier alpha value is -2.87. The van der Waals surface area contributed by atoms with E-state index in [1.165, 1.54) is 0 Å². The molecule has 3 rings (SSSR count). The van der Waals surface area contributed by atoms with Crippen LogP contribution in [0.4, 0.5) is 0 Å². The van der Waals surface area contributed by atoms with Gasteiger partial charge in [0.2, 0.25) is 0 Å². The minimum atomic E-state index is -0.396. The lowest BCUT2D eigenvalue weighted by Crippen LogP contribution is -2.42. The van der Waals surface area contributed by atoms with Crippen molar-refractivity contribution >= 4 is 22.6 Å². The van der Waals surface area contributed by atoms with Gasteiger partial charge in [0.1, 0.15) is 6.07 Å². The lowest BCUT2D eigenvalue weighted by molar-refractivity contribution is -0.148. The van der Waals surface area contributed by atoms with Gasteiger partial charge in [0.25, 0.3) is 5.91 Å². The van der Waals surface area contributed by atoms with E-state index >= 15 is 0 Å². The van der Waals surface area contributed by atoms with Crippen LogP contribution in [0.25, 0.3) is 10.8 Å². The predicted octanol–water partition coefficient (Wildman–Crippen LogP) is 2.76. The highest BCUT2D eigenvalue weighted by Crippen LogP contribution is 2.24. The number of hydrogen-bond donors (Lipinski definition) is 0. The van der Waals surface area contributed by atoms with Crippen LogP contribution in [-0.4, -0.2) is 36.5 Å². The standard InChI is InChI=1S/C19H18N2O3/c20-10-12-24-19(23)15-7-4-11-21(13-15)18(22)17-9-3-6-14-5-1-2-8-16(14)17/h1-3,5-6,8-9,15H,4,7,11-13H2/t15-/m0/s1. The Bertz CT molecular complexity index is 804. The van der Waals surface area contributed by atoms with Crippen LogP contribution in [0, 0.1) is 17.2 Å². The van der Waals surface area contributed by atoms with E-state index in [0.717, 1.165) is 17.2 Å². The van der Waals surface area contributed by atoms with Crippen molar-refractivity contribution in [1.29, 1.82) is 5.26 Å². The number of likely N-dealkylation sites (tertiary alicyclic amines) is 1. The summed E-state index contributed by atoms with van der Waals surface area (Å²) >= 11 is 0. The van der Waals surface area contributed by atoms with Gasteiger partial charge in [-0.2, -0.15) is 5.26 Å². The van der Waals surface area contributed by atoms with Gasteiger partial charge in [0.15, 0.2) is 6.61 Å². The first kappa shape index (κ1) is 16.0. The SMILES string of the molecule is N#CCOC(=O)[C@H]1CCCN(C(=O)c2cccc3ccccc23)C1. The fraction of sp³-hybridized carbons (Fsp3) is 0.316. The van der Waals surface area contributed by atoms with Crippen LogP contribution in [-0.2, 0) is 9.53 Å². The summed E-state index contributed by atoms with van der Waals surface area (Å²) in [5, 5.41) is 10.4. The van der Waals surface area contributed by atoms with Gasteiger partial charge in [-0.15, -0.1) is 0 Å². The lowest BCUT2D eigenvalue weighted by atomic mass is 9.96. The Morgan fingerprint density at radius 1 is 1.21 bits per heavy atom. The van der Waals surface area contributed by atoms with E-state index in [9.17, 15) is 9.59 Å². The Labute approximate surface area is 140 Å². The summed E-state index contributed by atoms with van der Waals surface area (Å²) in [6.07, 6.45) is 1.44. The van der Waals surface area contributed by atoms with E-state index in [1.807, 2.05) is 42.5 Å². The minimum Gasteiger partial charge on any atom is -0.450 e. The number of rotatable bonds is 3. The Balaban J connectivity index is 1.79. The number of carbonyl (C=O) groups is 2. The maximum Gasteiger partial charge on any atom is 0.311 e. The van der Waals surface area contributed by atoms with Crippen LogP contribution < -0.4 is 0 Å². The van der Waals surface area contributed by atoms with E-state index in [0.29, 0.717) is 25.1 Å². The molecule has 1 aliphatic heterocycles. The average molecular weight is 322 g/mol. The number of nitrogens with zero attached hydrogens (tertiary/aromatic N) is 2. The zero-order valence-electron chi connectivity index (χ0n) is 13.3. The highest BCUT2D eigenvalue weighted by molar-refractivity contribution is 6.07. The van der Waals surface area contributed by atoms with Crippen molar-refractivity contribution in [1.82, 2.24) is 4.90 Å². The van der Waals surface area contributed by atoms with E-state index < -0.39 is 5.97 Å². The van der Waals surface area contributed by atoms with Crippen LogP contribution in [0.1, 0.15) is 23.2 Å². The minimum absolute atomic E-state index is 0.0652. The number of carbonyl (C=O) groups excluding carboxylic acids is 2. The van der Waals surface area contributed by atoms with Gasteiger partial charge in [-0.1, -0.05) is 36.4 Å². The molecule has 122 valence electrons. The van der Waals surface area contributed by atoms with E-state index in [1.54, 1.807) is 11.0 Å². The van der Waals surface area contributed by atoms with Crippen molar-refractivity contribution in [2.24, 2.45) is 5.92 Å². The number of piperidine rings is 1. The third kappa shape index (κ3) is 3.23. The van der Waals surface area contributed by atoms with Gasteiger partial charge in [0, 0.05) is 18.7 Å². The molecule has 2 aromatic carbocycles. The van der Waals surface area contributed by atoms with Crippen LogP contribution in [0.2, 0.25) is 0 Å². The molecule has 24 heavy (non-hydrogen) atoms. The second-order valence-corrected chi connectivity index (χ2v) is 5.88. The molecule has 1 amide bonds. The lowest BCUT2D eigenvalue weighted by Gasteiger charge is -2.31. The third-order valence-electron chi connectivity index (χ3n) is 4.34. The first-order valence-corrected chi connectivity index (χ1v) is 8.01. The molecule has 0 saturated carbocycles. The van der Waals surface area contributed by atoms with E-state index in [4.69, 9.17) is 10.00 Å². The highest BCUT2D eigenvalue weighted by Gasteiger charge is 2.30. The molecule has 0 aliphatic carbocycles. The average Bonchev–Trinajstić information content (AvgIpc) is 2.65. The van der Waals surface area contributed by atoms with Crippen molar-refractivity contribution < 1.29 is 14.3 Å². The number of fused-ring (bicyclic) bond motifs is 1. The van der Waals surface area contributed by atoms with Gasteiger partial charge in [0.05, 0.1) is 5.92 Å². The Morgan fingerprint density at radius 3 is 2.83 bits per heavy atom. The summed E-state index contributed by atoms with van der Waals surface area (Å²) in [6.45, 7) is 0.725. The zero-order chi connectivity index (χ0) is 16.9. The highest BCUT2D eigenvalue weighted by atomic mass is 16.5. The maximum atomic E-state index is 12.9. The Morgan fingerprint density at radius 2 is 2.00 bits per heavy atom. The predicted molar refractivity (Wildman–Crippen MR) is 89.1 cm³/mol. The summed E-state index contributed by atoms with van der Waals surface area (Å²) in [5.41, 5.74) is 0.652. The van der Waals surface area contributed by atoms with Crippen LogP contribution in [0.5, 0.6) is 0 Å². The molecule has 1 fully saturated rings. The number of nitriles is 1. The number of ether oxygens (including phenoxy) is 1. The molecule has 0 N–H and O–H groups in total. The summed E-state index contributed by atoms with van der Waals surface area (Å²) in [7, 11) is 0. The van der Waals surface area contributed by atoms with E-state index in [2.05, 4.69) is 0 Å².